The first kappa shape index (κ1) is 51.3. The van der Waals surface area contributed by atoms with E-state index in [9.17, 15) is 44.4 Å². The summed E-state index contributed by atoms with van der Waals surface area (Å²) in [5.74, 6) is -7.88. The lowest BCUT2D eigenvalue weighted by Gasteiger charge is -2.42. The third-order valence-corrected chi connectivity index (χ3v) is 13.9. The van der Waals surface area contributed by atoms with Crippen LogP contribution >= 0.6 is 0 Å². The summed E-state index contributed by atoms with van der Waals surface area (Å²) in [7, 11) is 1.37. The van der Waals surface area contributed by atoms with Crippen molar-refractivity contribution in [2.75, 3.05) is 13.7 Å². The lowest BCUT2D eigenvalue weighted by Crippen LogP contribution is -2.61. The van der Waals surface area contributed by atoms with Gasteiger partial charge in [-0.3, -0.25) is 19.2 Å². The molecule has 1 aliphatic carbocycles. The van der Waals surface area contributed by atoms with Crippen LogP contribution in [0.25, 0.3) is 0 Å². The van der Waals surface area contributed by atoms with Crippen LogP contribution in [0.15, 0.2) is 47.6 Å². The molecular weight excluding hydrogens is 795 g/mol. The molecule has 0 aromatic heterocycles. The first-order valence-electron chi connectivity index (χ1n) is 23.1. The molecule has 0 aromatic carbocycles. The van der Waals surface area contributed by atoms with Gasteiger partial charge in [0.15, 0.2) is 5.78 Å². The number of amides is 1. The average Bonchev–Trinajstić information content (AvgIpc) is 3.24. The van der Waals surface area contributed by atoms with Crippen LogP contribution < -0.4 is 0 Å². The van der Waals surface area contributed by atoms with Gasteiger partial charge in [-0.25, -0.2) is 4.79 Å². The second-order valence-corrected chi connectivity index (χ2v) is 19.0. The number of aliphatic hydroxyl groups is 4. The highest BCUT2D eigenvalue weighted by atomic mass is 16.6. The van der Waals surface area contributed by atoms with Crippen molar-refractivity contribution < 1.29 is 58.6 Å². The van der Waals surface area contributed by atoms with Gasteiger partial charge in [0, 0.05) is 44.2 Å². The summed E-state index contributed by atoms with van der Waals surface area (Å²) < 4.78 is 17.8. The minimum Gasteiger partial charge on any atom is -0.460 e. The fourth-order valence-electron chi connectivity index (χ4n) is 9.57. The van der Waals surface area contributed by atoms with Gasteiger partial charge in [-0.2, -0.15) is 0 Å². The van der Waals surface area contributed by atoms with Crippen molar-refractivity contribution in [3.63, 3.8) is 0 Å². The van der Waals surface area contributed by atoms with Crippen LogP contribution in [0.1, 0.15) is 132 Å². The highest BCUT2D eigenvalue weighted by molar-refractivity contribution is 6.39. The van der Waals surface area contributed by atoms with Crippen LogP contribution in [0.4, 0.5) is 0 Å². The number of esters is 1. The van der Waals surface area contributed by atoms with Crippen LogP contribution in [0.2, 0.25) is 0 Å². The van der Waals surface area contributed by atoms with Crippen molar-refractivity contribution in [2.24, 2.45) is 35.5 Å². The molecule has 62 heavy (non-hydrogen) atoms. The molecule has 2 saturated heterocycles. The van der Waals surface area contributed by atoms with Crippen LogP contribution in [0.3, 0.4) is 0 Å². The van der Waals surface area contributed by atoms with Gasteiger partial charge in [-0.05, 0) is 113 Å². The Morgan fingerprint density at radius 1 is 0.871 bits per heavy atom. The lowest BCUT2D eigenvalue weighted by atomic mass is 9.79. The second kappa shape index (κ2) is 23.6. The van der Waals surface area contributed by atoms with Crippen LogP contribution in [-0.4, -0.2) is 117 Å². The number of allylic oxidation sites excluding steroid dienone is 6. The Balaban J connectivity index is 1.68. The number of hydrogen-bond acceptors (Lipinski definition) is 12. The van der Waals surface area contributed by atoms with Gasteiger partial charge >= 0.3 is 5.97 Å². The van der Waals surface area contributed by atoms with E-state index in [2.05, 4.69) is 0 Å². The molecule has 3 heterocycles. The SMILES string of the molecule is CO[C@H]1C(=O)[C@H](C)C[C@H](C)/C=C/C=C/C=C(\C)[C@@H](O)C[C@@H]2CC[C@@H](C)[C@@](O)(O2)C(=O)C(=O)N2CCCCC2C(=O)O[C@H]([C@H](C)CC2CCC(O)CC2)CC(=O)[C@H](C)/C=C(\C)[C@H]1O. The Hall–Kier alpha value is -3.33. The van der Waals surface area contributed by atoms with E-state index in [4.69, 9.17) is 14.2 Å². The first-order valence-corrected chi connectivity index (χ1v) is 23.1. The number of cyclic esters (lactones) is 1. The average molecular weight is 870 g/mol. The smallest absolute Gasteiger partial charge is 0.329 e. The maximum absolute atomic E-state index is 14.2. The van der Waals surface area contributed by atoms with Gasteiger partial charge in [0.25, 0.3) is 11.7 Å². The fraction of sp³-hybridized carbons (Fsp3) is 0.735. The van der Waals surface area contributed by atoms with Gasteiger partial charge in [-0.15, -0.1) is 0 Å². The molecule has 1 amide bonds. The fourth-order valence-corrected chi connectivity index (χ4v) is 9.57. The number of rotatable bonds is 4. The van der Waals surface area contributed by atoms with Gasteiger partial charge in [-0.1, -0.05) is 71.1 Å². The highest BCUT2D eigenvalue weighted by Gasteiger charge is 2.53. The molecule has 1 unspecified atom stereocenters. The molecule has 3 aliphatic heterocycles. The van der Waals surface area contributed by atoms with Gasteiger partial charge in [0.2, 0.25) is 5.79 Å². The maximum atomic E-state index is 14.2. The Kier molecular flexibility index (Phi) is 19.5. The number of hydrogen-bond donors (Lipinski definition) is 4. The molecule has 4 aliphatic rings. The Morgan fingerprint density at radius 2 is 1.56 bits per heavy atom. The second-order valence-electron chi connectivity index (χ2n) is 19.0. The zero-order valence-corrected chi connectivity index (χ0v) is 38.4. The number of nitrogens with zero attached hydrogens (tertiary/aromatic N) is 1. The van der Waals surface area contributed by atoms with Crippen molar-refractivity contribution >= 4 is 29.2 Å². The van der Waals surface area contributed by atoms with Crippen molar-refractivity contribution in [2.45, 2.75) is 180 Å². The van der Waals surface area contributed by atoms with Gasteiger partial charge in [0.1, 0.15) is 30.1 Å². The molecule has 0 aromatic rings. The summed E-state index contributed by atoms with van der Waals surface area (Å²) in [5, 5.41) is 44.4. The topological polar surface area (TPSA) is 197 Å². The number of carbonyl (C=O) groups is 5. The van der Waals surface area contributed by atoms with E-state index < -0.39 is 77.8 Å². The number of ether oxygens (including phenoxy) is 3. The minimum absolute atomic E-state index is 0.00307. The van der Waals surface area contributed by atoms with E-state index >= 15 is 0 Å². The molecule has 4 rings (SSSR count). The Bertz CT molecular complexity index is 1680. The maximum Gasteiger partial charge on any atom is 0.329 e. The molecule has 0 radical (unpaired) electrons. The third kappa shape index (κ3) is 13.6. The molecular formula is C49H75NO12. The Labute approximate surface area is 369 Å². The summed E-state index contributed by atoms with van der Waals surface area (Å²) in [4.78, 5) is 71.2. The molecule has 4 N–H and O–H groups in total. The van der Waals surface area contributed by atoms with Crippen molar-refractivity contribution in [1.82, 2.24) is 4.90 Å². The molecule has 13 heteroatoms. The third-order valence-electron chi connectivity index (χ3n) is 13.9. The quantitative estimate of drug-likeness (QED) is 0.149. The van der Waals surface area contributed by atoms with Crippen molar-refractivity contribution in [3.8, 4) is 0 Å². The van der Waals surface area contributed by atoms with E-state index in [-0.39, 0.29) is 61.2 Å². The molecule has 2 bridgehead atoms. The zero-order valence-electron chi connectivity index (χ0n) is 38.4. The molecule has 348 valence electrons. The standard InChI is InChI=1S/C49H75NO12/c1-29-14-10-9-11-15-30(2)40(52)27-38-22-17-35(7)49(59,62-38)46(56)47(57)50-23-13-12-16-39(50)48(58)61-42(32(4)26-36-18-20-37(51)21-19-36)28-41(53)31(3)25-34(6)44(55)45(60-8)43(54)33(5)24-29/h9-11,14-15,25,29,31-33,35-40,42,44-45,51-52,55,59H,12-13,16-24,26-28H2,1-8H3/b11-9+,14-10+,30-15+,34-25+/t29-,31-,32-,33-,35-,36?,37?,38+,39?,40+,42+,44-,45+,49-/m1/s1. The predicted octanol–water partition coefficient (Wildman–Crippen LogP) is 5.90. The zero-order chi connectivity index (χ0) is 45.9. The van der Waals surface area contributed by atoms with E-state index in [0.717, 1.165) is 12.8 Å². The summed E-state index contributed by atoms with van der Waals surface area (Å²) in [6, 6.07) is -1.13. The molecule has 0 spiro atoms. The van der Waals surface area contributed by atoms with E-state index in [1.807, 2.05) is 32.1 Å². The van der Waals surface area contributed by atoms with Crippen molar-refractivity contribution in [1.29, 1.82) is 0 Å². The Morgan fingerprint density at radius 3 is 2.24 bits per heavy atom. The number of Topliss-reactive ketones (excluding diaryl/α,β-unsaturated/α-hetero) is 3. The molecule has 3 fully saturated rings. The summed E-state index contributed by atoms with van der Waals surface area (Å²) in [6.07, 6.45) is 11.5. The largest absolute Gasteiger partial charge is 0.460 e. The number of aliphatic hydroxyl groups excluding tert-OH is 3. The van der Waals surface area contributed by atoms with Gasteiger partial charge < -0.3 is 39.5 Å². The van der Waals surface area contributed by atoms with Crippen LogP contribution in [0.5, 0.6) is 0 Å². The van der Waals surface area contributed by atoms with Crippen LogP contribution in [-0.2, 0) is 38.2 Å². The first-order chi connectivity index (χ1) is 29.3. The number of fused-ring (bicyclic) bond motifs is 3. The van der Waals surface area contributed by atoms with E-state index in [0.29, 0.717) is 62.5 Å². The van der Waals surface area contributed by atoms with Crippen LogP contribution in [0, 0.1) is 35.5 Å². The monoisotopic (exact) mass is 870 g/mol. The summed E-state index contributed by atoms with van der Waals surface area (Å²) in [5.41, 5.74) is 1.02. The molecule has 1 saturated carbocycles. The summed E-state index contributed by atoms with van der Waals surface area (Å²) >= 11 is 0. The van der Waals surface area contributed by atoms with Gasteiger partial charge in [0.05, 0.1) is 18.3 Å². The van der Waals surface area contributed by atoms with Crippen molar-refractivity contribution in [3.05, 3.63) is 47.6 Å². The number of methoxy groups -OCH3 is 1. The number of ketones is 3. The minimum atomic E-state index is -2.47. The lowest BCUT2D eigenvalue weighted by molar-refractivity contribution is -0.265. The molecule has 13 nitrogen and oxygen atoms in total. The highest BCUT2D eigenvalue weighted by Crippen LogP contribution is 2.37. The van der Waals surface area contributed by atoms with E-state index in [1.165, 1.54) is 12.0 Å². The van der Waals surface area contributed by atoms with E-state index in [1.54, 1.807) is 52.8 Å². The molecule has 12 atom stereocenters. The normalized spacial score (nSPS) is 40.6. The number of carbonyl (C=O) groups excluding carboxylic acids is 5. The summed E-state index contributed by atoms with van der Waals surface area (Å²) in [6.45, 7) is 12.5. The predicted molar refractivity (Wildman–Crippen MR) is 234 cm³/mol. The number of piperidine rings is 1.